The molecule has 0 aliphatic carbocycles. The molecular formula is C10H10BrFO2. The van der Waals surface area contributed by atoms with Crippen molar-refractivity contribution in [3.05, 3.63) is 34.1 Å². The zero-order valence-corrected chi connectivity index (χ0v) is 9.30. The lowest BCUT2D eigenvalue weighted by molar-refractivity contribution is 0.0505. The van der Waals surface area contributed by atoms with Gasteiger partial charge in [-0.1, -0.05) is 6.92 Å². The summed E-state index contributed by atoms with van der Waals surface area (Å²) in [4.78, 5) is 11.3. The molecule has 0 saturated heterocycles. The Bertz CT molecular complexity index is 339. The van der Waals surface area contributed by atoms with Gasteiger partial charge < -0.3 is 4.74 Å². The van der Waals surface area contributed by atoms with Crippen molar-refractivity contribution in [1.29, 1.82) is 0 Å². The van der Waals surface area contributed by atoms with Crippen LogP contribution in [0.3, 0.4) is 0 Å². The first-order valence-electron chi connectivity index (χ1n) is 4.27. The van der Waals surface area contributed by atoms with Crippen LogP contribution < -0.4 is 0 Å². The Morgan fingerprint density at radius 1 is 1.57 bits per heavy atom. The van der Waals surface area contributed by atoms with Crippen LogP contribution in [0.4, 0.5) is 4.39 Å². The monoisotopic (exact) mass is 260 g/mol. The number of carbonyl (C=O) groups is 1. The highest BCUT2D eigenvalue weighted by atomic mass is 79.9. The van der Waals surface area contributed by atoms with Gasteiger partial charge in [-0.25, -0.2) is 9.18 Å². The number of ether oxygens (including phenoxy) is 1. The van der Waals surface area contributed by atoms with E-state index in [0.717, 1.165) is 6.42 Å². The van der Waals surface area contributed by atoms with Crippen molar-refractivity contribution in [2.45, 2.75) is 13.3 Å². The molecule has 0 aromatic heterocycles. The number of hydrogen-bond donors (Lipinski definition) is 0. The van der Waals surface area contributed by atoms with Gasteiger partial charge in [-0.15, -0.1) is 0 Å². The van der Waals surface area contributed by atoms with E-state index < -0.39 is 11.8 Å². The van der Waals surface area contributed by atoms with Crippen LogP contribution in [0.15, 0.2) is 22.7 Å². The second-order valence-corrected chi connectivity index (χ2v) is 3.62. The van der Waals surface area contributed by atoms with E-state index in [-0.39, 0.29) is 4.47 Å². The summed E-state index contributed by atoms with van der Waals surface area (Å²) in [5.74, 6) is -0.815. The molecule has 0 aliphatic rings. The van der Waals surface area contributed by atoms with E-state index in [1.165, 1.54) is 18.2 Å². The van der Waals surface area contributed by atoms with Crippen LogP contribution in [0.2, 0.25) is 0 Å². The lowest BCUT2D eigenvalue weighted by Crippen LogP contribution is -2.05. The molecule has 0 saturated carbocycles. The number of halogens is 2. The Hall–Kier alpha value is -0.900. The number of hydrogen-bond acceptors (Lipinski definition) is 2. The molecule has 0 spiro atoms. The maximum atomic E-state index is 12.8. The molecule has 0 amide bonds. The van der Waals surface area contributed by atoms with Crippen molar-refractivity contribution < 1.29 is 13.9 Å². The van der Waals surface area contributed by atoms with Gasteiger partial charge in [0, 0.05) is 0 Å². The molecular weight excluding hydrogens is 251 g/mol. The molecule has 1 aromatic carbocycles. The van der Waals surface area contributed by atoms with E-state index in [0.29, 0.717) is 12.2 Å². The highest BCUT2D eigenvalue weighted by Crippen LogP contribution is 2.17. The molecule has 0 fully saturated rings. The highest BCUT2D eigenvalue weighted by Gasteiger charge is 2.08. The molecule has 0 heterocycles. The molecule has 14 heavy (non-hydrogen) atoms. The average molecular weight is 261 g/mol. The van der Waals surface area contributed by atoms with Crippen LogP contribution in [-0.4, -0.2) is 12.6 Å². The fourth-order valence-electron chi connectivity index (χ4n) is 0.901. The number of benzene rings is 1. The van der Waals surface area contributed by atoms with Gasteiger partial charge in [-0.3, -0.25) is 0 Å². The summed E-state index contributed by atoms with van der Waals surface area (Å²) in [7, 11) is 0. The second kappa shape index (κ2) is 5.10. The third-order valence-corrected chi connectivity index (χ3v) is 2.20. The van der Waals surface area contributed by atoms with Gasteiger partial charge in [0.2, 0.25) is 0 Å². The largest absolute Gasteiger partial charge is 0.462 e. The van der Waals surface area contributed by atoms with E-state index in [1.54, 1.807) is 0 Å². The predicted molar refractivity (Wildman–Crippen MR) is 54.7 cm³/mol. The third-order valence-electron chi connectivity index (χ3n) is 1.59. The van der Waals surface area contributed by atoms with Crippen molar-refractivity contribution in [2.75, 3.05) is 6.61 Å². The molecule has 1 aromatic rings. The van der Waals surface area contributed by atoms with Crippen LogP contribution >= 0.6 is 15.9 Å². The SMILES string of the molecule is CCCOC(=O)c1ccc(F)c(Br)c1. The smallest absolute Gasteiger partial charge is 0.338 e. The molecule has 0 unspecified atom stereocenters. The molecule has 4 heteroatoms. The minimum absolute atomic E-state index is 0.267. The Kier molecular flexibility index (Phi) is 4.07. The zero-order valence-electron chi connectivity index (χ0n) is 7.72. The second-order valence-electron chi connectivity index (χ2n) is 2.76. The molecule has 0 N–H and O–H groups in total. The summed E-state index contributed by atoms with van der Waals surface area (Å²) in [6.45, 7) is 2.29. The number of rotatable bonds is 3. The van der Waals surface area contributed by atoms with Gasteiger partial charge in [0.1, 0.15) is 5.82 Å². The van der Waals surface area contributed by atoms with Crippen molar-refractivity contribution in [2.24, 2.45) is 0 Å². The minimum Gasteiger partial charge on any atom is -0.462 e. The normalized spacial score (nSPS) is 9.93. The molecule has 2 nitrogen and oxygen atoms in total. The molecule has 0 radical (unpaired) electrons. The first-order valence-corrected chi connectivity index (χ1v) is 5.06. The van der Waals surface area contributed by atoms with E-state index in [4.69, 9.17) is 4.74 Å². The minimum atomic E-state index is -0.424. The Morgan fingerprint density at radius 3 is 2.86 bits per heavy atom. The van der Waals surface area contributed by atoms with Crippen LogP contribution in [0.1, 0.15) is 23.7 Å². The van der Waals surface area contributed by atoms with Crippen LogP contribution in [-0.2, 0) is 4.74 Å². The summed E-state index contributed by atoms with van der Waals surface area (Å²) in [5, 5.41) is 0. The van der Waals surface area contributed by atoms with Gasteiger partial charge >= 0.3 is 5.97 Å². The van der Waals surface area contributed by atoms with Gasteiger partial charge in [0.05, 0.1) is 16.6 Å². The summed E-state index contributed by atoms with van der Waals surface area (Å²) in [5.41, 5.74) is 0.353. The van der Waals surface area contributed by atoms with Crippen LogP contribution in [0.5, 0.6) is 0 Å². The molecule has 0 bridgehead atoms. The highest BCUT2D eigenvalue weighted by molar-refractivity contribution is 9.10. The number of esters is 1. The lowest BCUT2D eigenvalue weighted by atomic mass is 10.2. The number of carbonyl (C=O) groups excluding carboxylic acids is 1. The average Bonchev–Trinajstić information content (AvgIpc) is 2.18. The lowest BCUT2D eigenvalue weighted by Gasteiger charge is -2.03. The fraction of sp³-hybridized carbons (Fsp3) is 0.300. The Labute approximate surface area is 90.2 Å². The van der Waals surface area contributed by atoms with E-state index in [2.05, 4.69) is 15.9 Å². The maximum absolute atomic E-state index is 12.8. The predicted octanol–water partition coefficient (Wildman–Crippen LogP) is 3.16. The standard InChI is InChI=1S/C10H10BrFO2/c1-2-5-14-10(13)7-3-4-9(12)8(11)6-7/h3-4,6H,2,5H2,1H3. The zero-order chi connectivity index (χ0) is 10.6. The molecule has 76 valence electrons. The summed E-state index contributed by atoms with van der Waals surface area (Å²) < 4.78 is 18.0. The van der Waals surface area contributed by atoms with E-state index in [1.807, 2.05) is 6.92 Å². The van der Waals surface area contributed by atoms with Gasteiger partial charge in [-0.2, -0.15) is 0 Å². The summed E-state index contributed by atoms with van der Waals surface area (Å²) in [6, 6.07) is 4.04. The van der Waals surface area contributed by atoms with Crippen molar-refractivity contribution >= 4 is 21.9 Å². The van der Waals surface area contributed by atoms with Gasteiger partial charge in [0.15, 0.2) is 0 Å². The third kappa shape index (κ3) is 2.80. The van der Waals surface area contributed by atoms with Crippen molar-refractivity contribution in [1.82, 2.24) is 0 Å². The van der Waals surface area contributed by atoms with Gasteiger partial charge in [0.25, 0.3) is 0 Å². The van der Waals surface area contributed by atoms with E-state index in [9.17, 15) is 9.18 Å². The molecule has 0 aliphatic heterocycles. The summed E-state index contributed by atoms with van der Waals surface area (Å²) >= 11 is 3.00. The van der Waals surface area contributed by atoms with Crippen molar-refractivity contribution in [3.8, 4) is 0 Å². The quantitative estimate of drug-likeness (QED) is 0.781. The topological polar surface area (TPSA) is 26.3 Å². The van der Waals surface area contributed by atoms with Gasteiger partial charge in [-0.05, 0) is 40.5 Å². The maximum Gasteiger partial charge on any atom is 0.338 e. The fourth-order valence-corrected chi connectivity index (χ4v) is 1.28. The first kappa shape index (κ1) is 11.2. The molecule has 1 rings (SSSR count). The summed E-state index contributed by atoms with van der Waals surface area (Å²) in [6.07, 6.45) is 0.772. The van der Waals surface area contributed by atoms with E-state index >= 15 is 0 Å². The Balaban J connectivity index is 2.76. The van der Waals surface area contributed by atoms with Crippen molar-refractivity contribution in [3.63, 3.8) is 0 Å². The van der Waals surface area contributed by atoms with Crippen LogP contribution in [0.25, 0.3) is 0 Å². The van der Waals surface area contributed by atoms with Crippen LogP contribution in [0, 0.1) is 5.82 Å². The molecule has 0 atom stereocenters. The first-order chi connectivity index (χ1) is 6.65. The Morgan fingerprint density at radius 2 is 2.29 bits per heavy atom.